The van der Waals surface area contributed by atoms with Crippen molar-refractivity contribution in [1.29, 1.82) is 0 Å². The summed E-state index contributed by atoms with van der Waals surface area (Å²) in [6.07, 6.45) is 3.86. The summed E-state index contributed by atoms with van der Waals surface area (Å²) in [6, 6.07) is 0. The number of ketones is 1. The molecule has 0 aliphatic heterocycles. The van der Waals surface area contributed by atoms with Gasteiger partial charge in [0.1, 0.15) is 5.78 Å². The molecule has 2 fully saturated rings. The largest absolute Gasteiger partial charge is 0.466 e. The Kier molecular flexibility index (Phi) is 3.66. The van der Waals surface area contributed by atoms with E-state index in [9.17, 15) is 9.59 Å². The summed E-state index contributed by atoms with van der Waals surface area (Å²) in [6.45, 7) is 10.1. The summed E-state index contributed by atoms with van der Waals surface area (Å²) in [4.78, 5) is 23.8. The molecule has 0 spiro atoms. The van der Waals surface area contributed by atoms with E-state index in [-0.39, 0.29) is 23.2 Å². The van der Waals surface area contributed by atoms with Crippen molar-refractivity contribution < 1.29 is 14.3 Å². The van der Waals surface area contributed by atoms with Gasteiger partial charge in [-0.25, -0.2) is 4.79 Å². The Morgan fingerprint density at radius 2 is 2.11 bits per heavy atom. The van der Waals surface area contributed by atoms with E-state index in [1.54, 1.807) is 0 Å². The van der Waals surface area contributed by atoms with Gasteiger partial charge in [-0.3, -0.25) is 4.79 Å². The van der Waals surface area contributed by atoms with Crippen molar-refractivity contribution in [2.75, 3.05) is 7.11 Å². The Morgan fingerprint density at radius 3 is 2.74 bits per heavy atom. The SMILES string of the molecule is C=C(C(=O)OC)[C@@H]1CC[C@@]2(C)C(=O)CCC(=C)[C@@H]2C1. The number of fused-ring (bicyclic) bond motifs is 1. The fourth-order valence-electron chi connectivity index (χ4n) is 3.61. The van der Waals surface area contributed by atoms with Crippen LogP contribution in [0.1, 0.15) is 39.0 Å². The van der Waals surface area contributed by atoms with Crippen LogP contribution < -0.4 is 0 Å². The highest BCUT2D eigenvalue weighted by atomic mass is 16.5. The van der Waals surface area contributed by atoms with Gasteiger partial charge < -0.3 is 4.74 Å². The zero-order valence-electron chi connectivity index (χ0n) is 11.8. The van der Waals surface area contributed by atoms with Gasteiger partial charge in [-0.05, 0) is 37.5 Å². The Hall–Kier alpha value is -1.38. The van der Waals surface area contributed by atoms with Gasteiger partial charge in [-0.2, -0.15) is 0 Å². The molecular weight excluding hydrogens is 240 g/mol. The lowest BCUT2D eigenvalue weighted by atomic mass is 9.55. The molecule has 2 aliphatic rings. The minimum absolute atomic E-state index is 0.119. The van der Waals surface area contributed by atoms with E-state index < -0.39 is 0 Å². The Bertz CT molecular complexity index is 449. The first-order valence-corrected chi connectivity index (χ1v) is 6.88. The minimum atomic E-state index is -0.332. The highest BCUT2D eigenvalue weighted by Gasteiger charge is 2.48. The van der Waals surface area contributed by atoms with Gasteiger partial charge in [-0.1, -0.05) is 25.7 Å². The van der Waals surface area contributed by atoms with Gasteiger partial charge in [0.15, 0.2) is 0 Å². The number of ether oxygens (including phenoxy) is 1. The molecule has 0 heterocycles. The summed E-state index contributed by atoms with van der Waals surface area (Å²) in [7, 11) is 1.38. The van der Waals surface area contributed by atoms with Crippen molar-refractivity contribution in [2.45, 2.75) is 39.0 Å². The molecule has 2 rings (SSSR count). The van der Waals surface area contributed by atoms with Crippen LogP contribution >= 0.6 is 0 Å². The van der Waals surface area contributed by atoms with Crippen LogP contribution in [0.25, 0.3) is 0 Å². The highest BCUT2D eigenvalue weighted by Crippen LogP contribution is 2.52. The number of carbonyl (C=O) groups excluding carboxylic acids is 2. The first kappa shape index (κ1) is 14.0. The molecule has 0 amide bonds. The Balaban J connectivity index is 2.18. The quantitative estimate of drug-likeness (QED) is 0.436. The first-order valence-electron chi connectivity index (χ1n) is 6.88. The number of hydrogen-bond donors (Lipinski definition) is 0. The predicted octanol–water partition coefficient (Wildman–Crippen LogP) is 3.06. The summed E-state index contributed by atoms with van der Waals surface area (Å²) in [5, 5.41) is 0. The fourth-order valence-corrected chi connectivity index (χ4v) is 3.61. The summed E-state index contributed by atoms with van der Waals surface area (Å²) in [5.41, 5.74) is 1.42. The van der Waals surface area contributed by atoms with Crippen molar-refractivity contribution >= 4 is 11.8 Å². The van der Waals surface area contributed by atoms with Crippen LogP contribution in [0.2, 0.25) is 0 Å². The summed E-state index contributed by atoms with van der Waals surface area (Å²) in [5.74, 6) is 0.329. The molecule has 104 valence electrons. The number of Topliss-reactive ketones (excluding diaryl/α,β-unsaturated/α-hetero) is 1. The van der Waals surface area contributed by atoms with E-state index >= 15 is 0 Å². The standard InChI is InChI=1S/C16H22O3/c1-10-5-6-14(17)16(3)8-7-12(9-13(10)16)11(2)15(18)19-4/h12-13H,1-2,5-9H2,3-4H3/t12-,13+,16-/m1/s1. The molecule has 0 unspecified atom stereocenters. The Morgan fingerprint density at radius 1 is 1.42 bits per heavy atom. The third kappa shape index (κ3) is 2.26. The summed E-state index contributed by atoms with van der Waals surface area (Å²) >= 11 is 0. The van der Waals surface area contributed by atoms with Crippen molar-refractivity contribution in [2.24, 2.45) is 17.3 Å². The summed E-state index contributed by atoms with van der Waals surface area (Å²) < 4.78 is 4.75. The maximum absolute atomic E-state index is 12.2. The van der Waals surface area contributed by atoms with Crippen LogP contribution in [-0.2, 0) is 14.3 Å². The van der Waals surface area contributed by atoms with Gasteiger partial charge in [0.25, 0.3) is 0 Å². The molecular formula is C16H22O3. The van der Waals surface area contributed by atoms with Gasteiger partial charge >= 0.3 is 5.97 Å². The molecule has 2 aliphatic carbocycles. The number of esters is 1. The molecule has 3 heteroatoms. The average molecular weight is 262 g/mol. The van der Waals surface area contributed by atoms with E-state index in [1.807, 2.05) is 0 Å². The van der Waals surface area contributed by atoms with Crippen molar-refractivity contribution in [3.05, 3.63) is 24.3 Å². The molecule has 0 aromatic heterocycles. The van der Waals surface area contributed by atoms with Crippen LogP contribution in [0.4, 0.5) is 0 Å². The molecule has 3 atom stereocenters. The monoisotopic (exact) mass is 262 g/mol. The van der Waals surface area contributed by atoms with Crippen LogP contribution in [0.3, 0.4) is 0 Å². The van der Waals surface area contributed by atoms with Crippen molar-refractivity contribution in [3.63, 3.8) is 0 Å². The second-order valence-corrected chi connectivity index (χ2v) is 6.04. The van der Waals surface area contributed by atoms with Crippen molar-refractivity contribution in [3.8, 4) is 0 Å². The molecule has 0 aromatic carbocycles. The van der Waals surface area contributed by atoms with Gasteiger partial charge in [0, 0.05) is 17.4 Å². The lowest BCUT2D eigenvalue weighted by Gasteiger charge is -2.47. The van der Waals surface area contributed by atoms with E-state index in [0.717, 1.165) is 31.3 Å². The molecule has 3 nitrogen and oxygen atoms in total. The second kappa shape index (κ2) is 4.95. The number of rotatable bonds is 2. The molecule has 0 bridgehead atoms. The topological polar surface area (TPSA) is 43.4 Å². The molecule has 0 aromatic rings. The fraction of sp³-hybridized carbons (Fsp3) is 0.625. The average Bonchev–Trinajstić information content (AvgIpc) is 2.41. The lowest BCUT2D eigenvalue weighted by molar-refractivity contribution is -0.137. The Labute approximate surface area is 114 Å². The van der Waals surface area contributed by atoms with Gasteiger partial charge in [-0.15, -0.1) is 0 Å². The zero-order chi connectivity index (χ0) is 14.2. The number of methoxy groups -OCH3 is 1. The molecule has 0 N–H and O–H groups in total. The molecule has 0 saturated heterocycles. The predicted molar refractivity (Wildman–Crippen MR) is 73.5 cm³/mol. The highest BCUT2D eigenvalue weighted by molar-refractivity contribution is 5.89. The maximum atomic E-state index is 12.2. The first-order chi connectivity index (χ1) is 8.90. The van der Waals surface area contributed by atoms with E-state index in [4.69, 9.17) is 4.74 Å². The third-order valence-corrected chi connectivity index (χ3v) is 5.04. The van der Waals surface area contributed by atoms with E-state index in [0.29, 0.717) is 17.8 Å². The molecule has 19 heavy (non-hydrogen) atoms. The zero-order valence-corrected chi connectivity index (χ0v) is 11.8. The van der Waals surface area contributed by atoms with Gasteiger partial charge in [0.2, 0.25) is 0 Å². The van der Waals surface area contributed by atoms with E-state index in [2.05, 4.69) is 20.1 Å². The number of hydrogen-bond acceptors (Lipinski definition) is 3. The number of carbonyl (C=O) groups is 2. The maximum Gasteiger partial charge on any atom is 0.333 e. The third-order valence-electron chi connectivity index (χ3n) is 5.04. The van der Waals surface area contributed by atoms with Crippen LogP contribution in [0.15, 0.2) is 24.3 Å². The van der Waals surface area contributed by atoms with Crippen molar-refractivity contribution in [1.82, 2.24) is 0 Å². The molecule has 0 radical (unpaired) electrons. The van der Waals surface area contributed by atoms with Crippen LogP contribution in [0.5, 0.6) is 0 Å². The smallest absolute Gasteiger partial charge is 0.333 e. The normalized spacial score (nSPS) is 34.6. The minimum Gasteiger partial charge on any atom is -0.466 e. The van der Waals surface area contributed by atoms with Crippen LogP contribution in [0, 0.1) is 17.3 Å². The van der Waals surface area contributed by atoms with Crippen LogP contribution in [-0.4, -0.2) is 18.9 Å². The molecule has 2 saturated carbocycles. The number of allylic oxidation sites excluding steroid dienone is 1. The van der Waals surface area contributed by atoms with E-state index in [1.165, 1.54) is 7.11 Å². The lowest BCUT2D eigenvalue weighted by Crippen LogP contribution is -2.45. The van der Waals surface area contributed by atoms with Gasteiger partial charge in [0.05, 0.1) is 7.11 Å². The second-order valence-electron chi connectivity index (χ2n) is 6.04.